The van der Waals surface area contributed by atoms with E-state index in [2.05, 4.69) is 10.4 Å². The van der Waals surface area contributed by atoms with Crippen molar-refractivity contribution in [2.45, 2.75) is 30.3 Å². The molecule has 0 saturated heterocycles. The van der Waals surface area contributed by atoms with Crippen LogP contribution in [-0.4, -0.2) is 24.1 Å². The van der Waals surface area contributed by atoms with Crippen LogP contribution in [0.1, 0.15) is 11.1 Å². The van der Waals surface area contributed by atoms with Crippen molar-refractivity contribution in [1.82, 2.24) is 9.78 Å². The van der Waals surface area contributed by atoms with E-state index >= 15 is 0 Å². The minimum atomic E-state index is -3.96. The van der Waals surface area contributed by atoms with Crippen LogP contribution in [0.15, 0.2) is 69.3 Å². The predicted molar refractivity (Wildman–Crippen MR) is 105 cm³/mol. The van der Waals surface area contributed by atoms with Crippen molar-refractivity contribution >= 4 is 21.4 Å². The molecule has 0 unspecified atom stereocenters. The minimum absolute atomic E-state index is 0.0371. The molecule has 3 rings (SSSR count). The van der Waals surface area contributed by atoms with Crippen LogP contribution in [0.4, 0.5) is 10.1 Å². The van der Waals surface area contributed by atoms with Crippen LogP contribution in [0.25, 0.3) is 0 Å². The summed E-state index contributed by atoms with van der Waals surface area (Å²) in [6.45, 7) is 2.92. The highest BCUT2D eigenvalue weighted by molar-refractivity contribution is 7.91. The number of carbonyl (C=O) groups excluding carboxylic acids is 1. The fourth-order valence-corrected chi connectivity index (χ4v) is 3.94. The van der Waals surface area contributed by atoms with Gasteiger partial charge in [-0.2, -0.15) is 5.10 Å². The highest BCUT2D eigenvalue weighted by Crippen LogP contribution is 2.19. The lowest BCUT2D eigenvalue weighted by molar-refractivity contribution is -0.117. The van der Waals surface area contributed by atoms with E-state index in [4.69, 9.17) is 0 Å². The molecule has 0 fully saturated rings. The standard InChI is InChI=1S/C20H18FN3O4S/c1-13-4-3-5-16(10-13)29(27,28)19-8-9-20(26)24(23-19)12-18(25)22-17-11-15(21)7-6-14(17)2/h3-11H,12H2,1-2H3,(H,22,25). The number of amides is 1. The largest absolute Gasteiger partial charge is 0.324 e. The van der Waals surface area contributed by atoms with Gasteiger partial charge in [-0.15, -0.1) is 0 Å². The Morgan fingerprint density at radius 1 is 1.10 bits per heavy atom. The fraction of sp³-hybridized carbons (Fsp3) is 0.150. The SMILES string of the molecule is Cc1cccc(S(=O)(=O)c2ccc(=O)n(CC(=O)Nc3cc(F)ccc3C)n2)c1. The van der Waals surface area contributed by atoms with Crippen LogP contribution in [0.5, 0.6) is 0 Å². The molecule has 0 aliphatic heterocycles. The van der Waals surface area contributed by atoms with E-state index in [1.54, 1.807) is 26.0 Å². The maximum absolute atomic E-state index is 13.4. The van der Waals surface area contributed by atoms with Gasteiger partial charge >= 0.3 is 0 Å². The summed E-state index contributed by atoms with van der Waals surface area (Å²) >= 11 is 0. The van der Waals surface area contributed by atoms with E-state index in [0.29, 0.717) is 5.56 Å². The second-order valence-corrected chi connectivity index (χ2v) is 8.39. The third kappa shape index (κ3) is 4.57. The number of rotatable bonds is 5. The molecule has 0 saturated carbocycles. The lowest BCUT2D eigenvalue weighted by Crippen LogP contribution is -2.30. The number of anilines is 1. The van der Waals surface area contributed by atoms with Gasteiger partial charge in [0.05, 0.1) is 4.90 Å². The van der Waals surface area contributed by atoms with Gasteiger partial charge in [-0.3, -0.25) is 9.59 Å². The molecule has 0 bridgehead atoms. The molecule has 1 N–H and O–H groups in total. The number of hydrogen-bond acceptors (Lipinski definition) is 5. The molecule has 0 aliphatic rings. The maximum atomic E-state index is 13.4. The maximum Gasteiger partial charge on any atom is 0.267 e. The summed E-state index contributed by atoms with van der Waals surface area (Å²) in [7, 11) is -3.96. The summed E-state index contributed by atoms with van der Waals surface area (Å²) in [6.07, 6.45) is 0. The number of nitrogens with zero attached hydrogens (tertiary/aromatic N) is 2. The van der Waals surface area contributed by atoms with Crippen LogP contribution in [0.3, 0.4) is 0 Å². The Morgan fingerprint density at radius 3 is 2.59 bits per heavy atom. The molecule has 150 valence electrons. The highest BCUT2D eigenvalue weighted by Gasteiger charge is 2.21. The molecule has 9 heteroatoms. The van der Waals surface area contributed by atoms with Crippen LogP contribution in [-0.2, 0) is 21.2 Å². The zero-order valence-electron chi connectivity index (χ0n) is 15.7. The number of benzene rings is 2. The third-order valence-corrected chi connectivity index (χ3v) is 5.83. The van der Waals surface area contributed by atoms with Crippen molar-refractivity contribution in [3.8, 4) is 0 Å². The molecule has 7 nitrogen and oxygen atoms in total. The van der Waals surface area contributed by atoms with Gasteiger partial charge in [-0.05, 0) is 55.3 Å². The van der Waals surface area contributed by atoms with E-state index in [0.717, 1.165) is 28.4 Å². The first-order chi connectivity index (χ1) is 13.7. The molecule has 2 aromatic carbocycles. The predicted octanol–water partition coefficient (Wildman–Crippen LogP) is 2.47. The topological polar surface area (TPSA) is 98.1 Å². The van der Waals surface area contributed by atoms with Crippen molar-refractivity contribution in [2.24, 2.45) is 0 Å². The first-order valence-electron chi connectivity index (χ1n) is 8.63. The van der Waals surface area contributed by atoms with Gasteiger partial charge in [0.15, 0.2) is 5.03 Å². The van der Waals surface area contributed by atoms with Crippen LogP contribution < -0.4 is 10.9 Å². The number of aromatic nitrogens is 2. The van der Waals surface area contributed by atoms with E-state index in [1.165, 1.54) is 24.3 Å². The first-order valence-corrected chi connectivity index (χ1v) is 10.1. The summed E-state index contributed by atoms with van der Waals surface area (Å²) in [5.41, 5.74) is 1.01. The normalized spacial score (nSPS) is 11.3. The van der Waals surface area contributed by atoms with E-state index < -0.39 is 33.7 Å². The lowest BCUT2D eigenvalue weighted by Gasteiger charge is -2.10. The summed E-state index contributed by atoms with van der Waals surface area (Å²) in [5, 5.41) is 6.00. The Hall–Kier alpha value is -3.33. The quantitative estimate of drug-likeness (QED) is 0.690. The summed E-state index contributed by atoms with van der Waals surface area (Å²) in [4.78, 5) is 24.4. The van der Waals surface area contributed by atoms with E-state index in [-0.39, 0.29) is 15.6 Å². The zero-order chi connectivity index (χ0) is 21.2. The minimum Gasteiger partial charge on any atom is -0.324 e. The monoisotopic (exact) mass is 415 g/mol. The fourth-order valence-electron chi connectivity index (χ4n) is 2.64. The molecule has 0 spiro atoms. The van der Waals surface area contributed by atoms with Crippen molar-refractivity contribution in [3.05, 3.63) is 81.9 Å². The molecular weight excluding hydrogens is 397 g/mol. The Morgan fingerprint density at radius 2 is 1.86 bits per heavy atom. The third-order valence-electron chi connectivity index (χ3n) is 4.18. The number of hydrogen-bond donors (Lipinski definition) is 1. The lowest BCUT2D eigenvalue weighted by atomic mass is 10.2. The average Bonchev–Trinajstić information content (AvgIpc) is 2.66. The van der Waals surface area contributed by atoms with Crippen molar-refractivity contribution < 1.29 is 17.6 Å². The average molecular weight is 415 g/mol. The number of carbonyl (C=O) groups is 1. The highest BCUT2D eigenvalue weighted by atomic mass is 32.2. The van der Waals surface area contributed by atoms with Gasteiger partial charge in [-0.25, -0.2) is 17.5 Å². The van der Waals surface area contributed by atoms with Gasteiger partial charge < -0.3 is 5.32 Å². The van der Waals surface area contributed by atoms with Crippen molar-refractivity contribution in [1.29, 1.82) is 0 Å². The van der Waals surface area contributed by atoms with Crippen molar-refractivity contribution in [2.75, 3.05) is 5.32 Å². The molecule has 3 aromatic rings. The zero-order valence-corrected chi connectivity index (χ0v) is 16.5. The molecule has 1 heterocycles. The number of sulfone groups is 1. The molecule has 0 aliphatic carbocycles. The van der Waals surface area contributed by atoms with Gasteiger partial charge in [0.25, 0.3) is 5.56 Å². The molecule has 1 amide bonds. The molecule has 29 heavy (non-hydrogen) atoms. The van der Waals surface area contributed by atoms with Gasteiger partial charge in [0, 0.05) is 11.8 Å². The van der Waals surface area contributed by atoms with Crippen molar-refractivity contribution in [3.63, 3.8) is 0 Å². The smallest absolute Gasteiger partial charge is 0.267 e. The Balaban J connectivity index is 1.88. The van der Waals surface area contributed by atoms with Crippen LogP contribution >= 0.6 is 0 Å². The number of aryl methyl sites for hydroxylation is 2. The van der Waals surface area contributed by atoms with Gasteiger partial charge in [0.1, 0.15) is 12.4 Å². The van der Waals surface area contributed by atoms with Crippen LogP contribution in [0.2, 0.25) is 0 Å². The number of nitrogens with one attached hydrogen (secondary N) is 1. The molecular formula is C20H18FN3O4S. The van der Waals surface area contributed by atoms with Gasteiger partial charge in [-0.1, -0.05) is 18.2 Å². The van der Waals surface area contributed by atoms with E-state index in [9.17, 15) is 22.4 Å². The Labute approximate surface area is 166 Å². The molecule has 0 radical (unpaired) electrons. The summed E-state index contributed by atoms with van der Waals surface area (Å²) in [6, 6.07) is 12.3. The molecule has 0 atom stereocenters. The summed E-state index contributed by atoms with van der Waals surface area (Å²) in [5.74, 6) is -1.16. The van der Waals surface area contributed by atoms with Crippen LogP contribution in [0, 0.1) is 19.7 Å². The second-order valence-electron chi connectivity index (χ2n) is 6.49. The van der Waals surface area contributed by atoms with E-state index in [1.807, 2.05) is 0 Å². The first kappa shape index (κ1) is 20.4. The number of halogens is 1. The Kier molecular flexibility index (Phi) is 5.60. The Bertz CT molecular complexity index is 1250. The second kappa shape index (κ2) is 7.96. The summed E-state index contributed by atoms with van der Waals surface area (Å²) < 4.78 is 39.7. The van der Waals surface area contributed by atoms with Gasteiger partial charge in [0.2, 0.25) is 15.7 Å². The molecule has 1 aromatic heterocycles.